The largest absolute Gasteiger partial charge is 0.458 e. The van der Waals surface area contributed by atoms with Crippen LogP contribution in [0, 0.1) is 0 Å². The number of rotatable bonds is 6. The normalized spacial score (nSPS) is 17.0. The third-order valence-electron chi connectivity index (χ3n) is 4.30. The van der Waals surface area contributed by atoms with Gasteiger partial charge < -0.3 is 15.0 Å². The number of hydrogen-bond donors (Lipinski definition) is 1. The van der Waals surface area contributed by atoms with Crippen LogP contribution >= 0.6 is 15.9 Å². The van der Waals surface area contributed by atoms with Crippen molar-refractivity contribution in [3.8, 4) is 6.01 Å². The highest BCUT2D eigenvalue weighted by molar-refractivity contribution is 9.10. The number of hydrogen-bond acceptors (Lipinski definition) is 4. The maximum absolute atomic E-state index is 12.4. The lowest BCUT2D eigenvalue weighted by atomic mass is 10.1. The highest BCUT2D eigenvalue weighted by Crippen LogP contribution is 2.16. The summed E-state index contributed by atoms with van der Waals surface area (Å²) < 4.78 is 6.62. The number of aromatic nitrogens is 2. The van der Waals surface area contributed by atoms with Gasteiger partial charge >= 0.3 is 12.0 Å². The first kappa shape index (κ1) is 18.6. The van der Waals surface area contributed by atoms with E-state index in [2.05, 4.69) is 43.3 Å². The average Bonchev–Trinajstić information content (AvgIpc) is 2.68. The quantitative estimate of drug-likeness (QED) is 0.729. The number of carbonyl (C=O) groups is 1. The molecular formula is C19H23BrN4O2. The van der Waals surface area contributed by atoms with Crippen LogP contribution in [0.25, 0.3) is 0 Å². The molecule has 1 atom stereocenters. The molecule has 1 aromatic heterocycles. The molecule has 2 heterocycles. The Bertz CT molecular complexity index is 696. The number of nitrogens with zero attached hydrogens (tertiary/aromatic N) is 3. The molecule has 2 amide bonds. The topological polar surface area (TPSA) is 67.4 Å². The van der Waals surface area contributed by atoms with Crippen LogP contribution < -0.4 is 10.1 Å². The molecule has 7 heteroatoms. The molecule has 0 aliphatic carbocycles. The maximum Gasteiger partial charge on any atom is 0.317 e. The first-order valence-electron chi connectivity index (χ1n) is 8.91. The summed E-state index contributed by atoms with van der Waals surface area (Å²) in [5.41, 5.74) is 1.29. The molecular weight excluding hydrogens is 396 g/mol. The number of benzene rings is 1. The van der Waals surface area contributed by atoms with E-state index in [1.807, 2.05) is 23.1 Å². The lowest BCUT2D eigenvalue weighted by molar-refractivity contribution is 0.0939. The molecule has 0 saturated carbocycles. The van der Waals surface area contributed by atoms with Crippen molar-refractivity contribution in [2.75, 3.05) is 19.6 Å². The van der Waals surface area contributed by atoms with Crippen molar-refractivity contribution < 1.29 is 9.53 Å². The molecule has 1 unspecified atom stereocenters. The molecule has 1 aliphatic heterocycles. The van der Waals surface area contributed by atoms with E-state index in [0.717, 1.165) is 36.7 Å². The van der Waals surface area contributed by atoms with Crippen LogP contribution in [-0.2, 0) is 6.42 Å². The molecule has 138 valence electrons. The number of nitrogens with one attached hydrogen (secondary N) is 1. The van der Waals surface area contributed by atoms with Gasteiger partial charge in [-0.15, -0.1) is 0 Å². The SMILES string of the molecule is O=C(NCCCc1ccccc1)N1CCCC(Oc2ncc(Br)cn2)C1. The first-order chi connectivity index (χ1) is 12.7. The lowest BCUT2D eigenvalue weighted by Gasteiger charge is -2.32. The van der Waals surface area contributed by atoms with Crippen molar-refractivity contribution in [3.05, 3.63) is 52.8 Å². The maximum atomic E-state index is 12.4. The molecule has 0 spiro atoms. The zero-order valence-electron chi connectivity index (χ0n) is 14.6. The second-order valence-corrected chi connectivity index (χ2v) is 7.25. The second-order valence-electron chi connectivity index (χ2n) is 6.33. The van der Waals surface area contributed by atoms with E-state index in [9.17, 15) is 4.79 Å². The van der Waals surface area contributed by atoms with Crippen molar-refractivity contribution in [1.29, 1.82) is 0 Å². The fourth-order valence-electron chi connectivity index (χ4n) is 2.97. The van der Waals surface area contributed by atoms with Crippen molar-refractivity contribution in [1.82, 2.24) is 20.2 Å². The number of aryl methyl sites for hydroxylation is 1. The van der Waals surface area contributed by atoms with Gasteiger partial charge in [-0.1, -0.05) is 30.3 Å². The van der Waals surface area contributed by atoms with Gasteiger partial charge in [0.1, 0.15) is 6.10 Å². The van der Waals surface area contributed by atoms with Crippen molar-refractivity contribution >= 4 is 22.0 Å². The number of carbonyl (C=O) groups excluding carboxylic acids is 1. The Hall–Kier alpha value is -2.15. The molecule has 1 aliphatic rings. The van der Waals surface area contributed by atoms with Gasteiger partial charge in [0, 0.05) is 25.5 Å². The summed E-state index contributed by atoms with van der Waals surface area (Å²) in [7, 11) is 0. The molecule has 1 N–H and O–H groups in total. The third kappa shape index (κ3) is 5.69. The van der Waals surface area contributed by atoms with Crippen molar-refractivity contribution in [2.24, 2.45) is 0 Å². The van der Waals surface area contributed by atoms with E-state index in [0.29, 0.717) is 19.1 Å². The predicted molar refractivity (Wildman–Crippen MR) is 103 cm³/mol. The minimum atomic E-state index is -0.0694. The summed E-state index contributed by atoms with van der Waals surface area (Å²) in [6, 6.07) is 10.6. The van der Waals surface area contributed by atoms with Crippen LogP contribution in [0.4, 0.5) is 4.79 Å². The molecule has 26 heavy (non-hydrogen) atoms. The Balaban J connectivity index is 1.40. The molecule has 1 aromatic carbocycles. The lowest BCUT2D eigenvalue weighted by Crippen LogP contribution is -2.48. The van der Waals surface area contributed by atoms with Gasteiger partial charge in [0.05, 0.1) is 11.0 Å². The van der Waals surface area contributed by atoms with Gasteiger partial charge in [0.25, 0.3) is 0 Å². The number of piperidine rings is 1. The number of likely N-dealkylation sites (tertiary alicyclic amines) is 1. The van der Waals surface area contributed by atoms with E-state index in [4.69, 9.17) is 4.74 Å². The summed E-state index contributed by atoms with van der Waals surface area (Å²) in [5.74, 6) is 0. The van der Waals surface area contributed by atoms with Crippen molar-refractivity contribution in [3.63, 3.8) is 0 Å². The van der Waals surface area contributed by atoms with Crippen molar-refractivity contribution in [2.45, 2.75) is 31.8 Å². The van der Waals surface area contributed by atoms with Crippen LogP contribution in [0.3, 0.4) is 0 Å². The van der Waals surface area contributed by atoms with Crippen LogP contribution in [0.1, 0.15) is 24.8 Å². The van der Waals surface area contributed by atoms with E-state index in [-0.39, 0.29) is 12.1 Å². The summed E-state index contributed by atoms with van der Waals surface area (Å²) in [5, 5.41) is 3.01. The van der Waals surface area contributed by atoms with Crippen LogP contribution in [0.2, 0.25) is 0 Å². The van der Waals surface area contributed by atoms with Gasteiger partial charge in [-0.3, -0.25) is 0 Å². The Morgan fingerprint density at radius 1 is 1.27 bits per heavy atom. The zero-order chi connectivity index (χ0) is 18.2. The predicted octanol–water partition coefficient (Wildman–Crippen LogP) is 3.42. The van der Waals surface area contributed by atoms with Gasteiger partial charge in [-0.05, 0) is 47.2 Å². The summed E-state index contributed by atoms with van der Waals surface area (Å²) in [6.07, 6.45) is 6.95. The molecule has 2 aromatic rings. The van der Waals surface area contributed by atoms with Crippen LogP contribution in [0.15, 0.2) is 47.2 Å². The standard InChI is InChI=1S/C19H23BrN4O2/c20-16-12-22-18(23-13-16)26-17-9-5-11-24(14-17)19(25)21-10-4-8-15-6-2-1-3-7-15/h1-3,6-7,12-13,17H,4-5,8-11,14H2,(H,21,25). The minimum Gasteiger partial charge on any atom is -0.458 e. The average molecular weight is 419 g/mol. The van der Waals surface area contributed by atoms with Gasteiger partial charge in [0.2, 0.25) is 0 Å². The van der Waals surface area contributed by atoms with Gasteiger partial charge in [-0.25, -0.2) is 14.8 Å². The second kappa shape index (κ2) is 9.52. The molecule has 6 nitrogen and oxygen atoms in total. The molecule has 0 radical (unpaired) electrons. The smallest absolute Gasteiger partial charge is 0.317 e. The number of amides is 2. The Labute approximate surface area is 162 Å². The third-order valence-corrected chi connectivity index (χ3v) is 4.70. The molecule has 1 saturated heterocycles. The monoisotopic (exact) mass is 418 g/mol. The van der Waals surface area contributed by atoms with E-state index < -0.39 is 0 Å². The minimum absolute atomic E-state index is 0.0249. The Kier molecular flexibility index (Phi) is 6.82. The van der Waals surface area contributed by atoms with E-state index >= 15 is 0 Å². The fourth-order valence-corrected chi connectivity index (χ4v) is 3.18. The zero-order valence-corrected chi connectivity index (χ0v) is 16.2. The van der Waals surface area contributed by atoms with E-state index in [1.54, 1.807) is 12.4 Å². The molecule has 3 rings (SSSR count). The Morgan fingerprint density at radius 2 is 2.04 bits per heavy atom. The number of ether oxygens (including phenoxy) is 1. The molecule has 0 bridgehead atoms. The highest BCUT2D eigenvalue weighted by atomic mass is 79.9. The summed E-state index contributed by atoms with van der Waals surface area (Å²) in [6.45, 7) is 1.99. The number of halogens is 1. The van der Waals surface area contributed by atoms with Crippen LogP contribution in [-0.4, -0.2) is 46.6 Å². The van der Waals surface area contributed by atoms with Gasteiger partial charge in [0.15, 0.2) is 0 Å². The number of urea groups is 1. The van der Waals surface area contributed by atoms with Crippen LogP contribution in [0.5, 0.6) is 6.01 Å². The summed E-state index contributed by atoms with van der Waals surface area (Å²) >= 11 is 3.30. The first-order valence-corrected chi connectivity index (χ1v) is 9.71. The van der Waals surface area contributed by atoms with Gasteiger partial charge in [-0.2, -0.15) is 0 Å². The van der Waals surface area contributed by atoms with E-state index in [1.165, 1.54) is 5.56 Å². The fraction of sp³-hybridized carbons (Fsp3) is 0.421. The highest BCUT2D eigenvalue weighted by Gasteiger charge is 2.25. The summed E-state index contributed by atoms with van der Waals surface area (Å²) in [4.78, 5) is 22.5. The Morgan fingerprint density at radius 3 is 2.81 bits per heavy atom. The molecule has 1 fully saturated rings.